The van der Waals surface area contributed by atoms with Gasteiger partial charge in [-0.3, -0.25) is 4.79 Å². The van der Waals surface area contributed by atoms with Gasteiger partial charge in [0, 0.05) is 36.1 Å². The molecule has 1 aromatic carbocycles. The monoisotopic (exact) mass is 334 g/mol. The molecule has 1 aromatic rings. The molecule has 0 bridgehead atoms. The van der Waals surface area contributed by atoms with Gasteiger partial charge in [-0.2, -0.15) is 0 Å². The molecule has 0 saturated heterocycles. The molecule has 3 nitrogen and oxygen atoms in total. The summed E-state index contributed by atoms with van der Waals surface area (Å²) in [6.45, 7) is 7.03. The molecule has 118 valence electrons. The van der Waals surface area contributed by atoms with Crippen LogP contribution in [-0.4, -0.2) is 19.0 Å². The van der Waals surface area contributed by atoms with E-state index in [1.54, 1.807) is 0 Å². The largest absolute Gasteiger partial charge is 0.356 e. The number of amides is 1. The predicted octanol–water partition coefficient (Wildman–Crippen LogP) is 3.95. The summed E-state index contributed by atoms with van der Waals surface area (Å²) in [5.74, 6) is -0.0926. The Bertz CT molecular complexity index is 495. The first kappa shape index (κ1) is 18.2. The maximum Gasteiger partial charge on any atom is 0.221 e. The van der Waals surface area contributed by atoms with Crippen molar-refractivity contribution in [3.63, 3.8) is 0 Å². The van der Waals surface area contributed by atoms with Crippen LogP contribution in [-0.2, 0) is 4.79 Å². The van der Waals surface area contributed by atoms with Crippen LogP contribution in [0.2, 0.25) is 10.0 Å². The van der Waals surface area contributed by atoms with Gasteiger partial charge in [-0.1, -0.05) is 37.0 Å². The van der Waals surface area contributed by atoms with E-state index in [0.717, 1.165) is 0 Å². The van der Waals surface area contributed by atoms with Crippen LogP contribution in [0.5, 0.6) is 0 Å². The fourth-order valence-corrected chi connectivity index (χ4v) is 2.55. The Morgan fingerprint density at radius 2 is 1.95 bits per heavy atom. The zero-order valence-corrected chi connectivity index (χ0v) is 14.0. The molecule has 0 spiro atoms. The summed E-state index contributed by atoms with van der Waals surface area (Å²) in [7, 11) is 0. The van der Waals surface area contributed by atoms with Gasteiger partial charge < -0.3 is 10.6 Å². The number of nitrogens with one attached hydrogen (secondary N) is 2. The average Bonchev–Trinajstić information content (AvgIpc) is 2.41. The normalized spacial score (nSPS) is 12.5. The molecule has 1 rings (SSSR count). The van der Waals surface area contributed by atoms with E-state index < -0.39 is 5.82 Å². The molecule has 0 heterocycles. The molecule has 0 saturated carbocycles. The second-order valence-electron chi connectivity index (χ2n) is 5.38. The van der Waals surface area contributed by atoms with Crippen molar-refractivity contribution in [3.8, 4) is 0 Å². The summed E-state index contributed by atoms with van der Waals surface area (Å²) >= 11 is 12.0. The topological polar surface area (TPSA) is 41.1 Å². The van der Waals surface area contributed by atoms with Crippen LogP contribution in [0.25, 0.3) is 0 Å². The van der Waals surface area contributed by atoms with Crippen molar-refractivity contribution in [3.05, 3.63) is 33.6 Å². The standard InChI is InChI=1S/C15H21Cl2FN2O/c1-9(2)8-20-13(21)6-7-19-10(3)14-11(16)4-5-12(18)15(14)17/h4-5,9-10,19H,6-8H2,1-3H3,(H,20,21). The number of benzene rings is 1. The fourth-order valence-electron chi connectivity index (χ4n) is 1.85. The molecular formula is C15H21Cl2FN2O. The van der Waals surface area contributed by atoms with Crippen molar-refractivity contribution in [2.75, 3.05) is 13.1 Å². The quantitative estimate of drug-likeness (QED) is 0.741. The molecule has 0 aromatic heterocycles. The van der Waals surface area contributed by atoms with Crippen LogP contribution in [0.1, 0.15) is 38.8 Å². The summed E-state index contributed by atoms with van der Waals surface area (Å²) in [5, 5.41) is 6.39. The molecule has 0 aliphatic rings. The number of carbonyl (C=O) groups excluding carboxylic acids is 1. The first-order valence-electron chi connectivity index (χ1n) is 6.96. The maximum atomic E-state index is 13.5. The van der Waals surface area contributed by atoms with E-state index >= 15 is 0 Å². The molecule has 21 heavy (non-hydrogen) atoms. The lowest BCUT2D eigenvalue weighted by Gasteiger charge is -2.17. The second kappa shape index (κ2) is 8.57. The Labute approximate surface area is 135 Å². The molecule has 0 aliphatic carbocycles. The van der Waals surface area contributed by atoms with E-state index in [0.29, 0.717) is 36.0 Å². The SMILES string of the molecule is CC(C)CNC(=O)CCNC(C)c1c(Cl)ccc(F)c1Cl. The van der Waals surface area contributed by atoms with Crippen molar-refractivity contribution in [2.24, 2.45) is 5.92 Å². The molecule has 0 aliphatic heterocycles. The Kier molecular flexibility index (Phi) is 7.43. The minimum absolute atomic E-state index is 0.0140. The third-order valence-electron chi connectivity index (χ3n) is 3.02. The predicted molar refractivity (Wildman–Crippen MR) is 85.3 cm³/mol. The van der Waals surface area contributed by atoms with Crippen LogP contribution < -0.4 is 10.6 Å². The van der Waals surface area contributed by atoms with E-state index in [1.807, 2.05) is 20.8 Å². The van der Waals surface area contributed by atoms with Crippen LogP contribution in [0.15, 0.2) is 12.1 Å². The molecule has 1 unspecified atom stereocenters. The highest BCUT2D eigenvalue weighted by atomic mass is 35.5. The highest BCUT2D eigenvalue weighted by Gasteiger charge is 2.16. The first-order valence-corrected chi connectivity index (χ1v) is 7.72. The maximum absolute atomic E-state index is 13.5. The van der Waals surface area contributed by atoms with Gasteiger partial charge >= 0.3 is 0 Å². The van der Waals surface area contributed by atoms with Gasteiger partial charge in [-0.15, -0.1) is 0 Å². The van der Waals surface area contributed by atoms with Crippen LogP contribution in [0, 0.1) is 11.7 Å². The number of rotatable bonds is 7. The lowest BCUT2D eigenvalue weighted by molar-refractivity contribution is -0.121. The lowest BCUT2D eigenvalue weighted by Crippen LogP contribution is -2.31. The van der Waals surface area contributed by atoms with Crippen LogP contribution in [0.4, 0.5) is 4.39 Å². The average molecular weight is 335 g/mol. The summed E-state index contributed by atoms with van der Waals surface area (Å²) in [4.78, 5) is 11.6. The summed E-state index contributed by atoms with van der Waals surface area (Å²) < 4.78 is 13.5. The van der Waals surface area contributed by atoms with Crippen molar-refractivity contribution < 1.29 is 9.18 Å². The van der Waals surface area contributed by atoms with E-state index in [1.165, 1.54) is 12.1 Å². The van der Waals surface area contributed by atoms with Gasteiger partial charge in [0.2, 0.25) is 5.91 Å². The van der Waals surface area contributed by atoms with Gasteiger partial charge in [-0.05, 0) is 25.0 Å². The number of carbonyl (C=O) groups is 1. The molecular weight excluding hydrogens is 314 g/mol. The zero-order valence-electron chi connectivity index (χ0n) is 12.5. The van der Waals surface area contributed by atoms with Crippen LogP contribution >= 0.6 is 23.2 Å². The molecule has 0 fully saturated rings. The Hall–Kier alpha value is -0.840. The summed E-state index contributed by atoms with van der Waals surface area (Å²) in [6.07, 6.45) is 0.349. The number of hydrogen-bond donors (Lipinski definition) is 2. The fraction of sp³-hybridized carbons (Fsp3) is 0.533. The minimum atomic E-state index is -0.501. The number of hydrogen-bond acceptors (Lipinski definition) is 2. The van der Waals surface area contributed by atoms with Gasteiger partial charge in [0.1, 0.15) is 5.82 Å². The Morgan fingerprint density at radius 3 is 2.57 bits per heavy atom. The smallest absolute Gasteiger partial charge is 0.221 e. The third kappa shape index (κ3) is 5.81. The van der Waals surface area contributed by atoms with Crippen molar-refractivity contribution in [2.45, 2.75) is 33.2 Å². The molecule has 1 atom stereocenters. The minimum Gasteiger partial charge on any atom is -0.356 e. The zero-order chi connectivity index (χ0) is 16.0. The van der Waals surface area contributed by atoms with Crippen molar-refractivity contribution in [1.29, 1.82) is 0 Å². The van der Waals surface area contributed by atoms with Gasteiger partial charge in [0.25, 0.3) is 0 Å². The van der Waals surface area contributed by atoms with Gasteiger partial charge in [0.05, 0.1) is 5.02 Å². The molecule has 6 heteroatoms. The van der Waals surface area contributed by atoms with Gasteiger partial charge in [-0.25, -0.2) is 4.39 Å². The molecule has 0 radical (unpaired) electrons. The van der Waals surface area contributed by atoms with Gasteiger partial charge in [0.15, 0.2) is 0 Å². The van der Waals surface area contributed by atoms with Crippen molar-refractivity contribution >= 4 is 29.1 Å². The molecule has 2 N–H and O–H groups in total. The third-order valence-corrected chi connectivity index (χ3v) is 3.74. The summed E-state index contributed by atoms with van der Waals surface area (Å²) in [6, 6.07) is 2.48. The van der Waals surface area contributed by atoms with E-state index in [4.69, 9.17) is 23.2 Å². The second-order valence-corrected chi connectivity index (χ2v) is 6.17. The molecule has 1 amide bonds. The van der Waals surface area contributed by atoms with E-state index in [2.05, 4.69) is 10.6 Å². The van der Waals surface area contributed by atoms with E-state index in [-0.39, 0.29) is 17.0 Å². The van der Waals surface area contributed by atoms with Crippen molar-refractivity contribution in [1.82, 2.24) is 10.6 Å². The lowest BCUT2D eigenvalue weighted by atomic mass is 10.1. The van der Waals surface area contributed by atoms with E-state index in [9.17, 15) is 9.18 Å². The Balaban J connectivity index is 2.50. The Morgan fingerprint density at radius 1 is 1.29 bits per heavy atom. The highest BCUT2D eigenvalue weighted by molar-refractivity contribution is 6.36. The first-order chi connectivity index (χ1) is 9.82. The highest BCUT2D eigenvalue weighted by Crippen LogP contribution is 2.32. The number of halogens is 3. The van der Waals surface area contributed by atoms with Crippen LogP contribution in [0.3, 0.4) is 0 Å². The summed E-state index contributed by atoms with van der Waals surface area (Å²) in [5.41, 5.74) is 0.515.